The molecule has 3 atom stereocenters. The minimum absolute atomic E-state index is 0.0257. The summed E-state index contributed by atoms with van der Waals surface area (Å²) < 4.78 is 11.5. The van der Waals surface area contributed by atoms with Crippen LogP contribution in [0.4, 0.5) is 5.82 Å². The van der Waals surface area contributed by atoms with Gasteiger partial charge in [0.1, 0.15) is 12.7 Å². The van der Waals surface area contributed by atoms with Gasteiger partial charge in [0.15, 0.2) is 11.6 Å². The van der Waals surface area contributed by atoms with Crippen molar-refractivity contribution in [1.29, 1.82) is 0 Å². The van der Waals surface area contributed by atoms with E-state index >= 15 is 0 Å². The Kier molecular flexibility index (Phi) is 5.10. The van der Waals surface area contributed by atoms with Crippen LogP contribution in [0.1, 0.15) is 37.6 Å². The molecule has 29 heavy (non-hydrogen) atoms. The first-order chi connectivity index (χ1) is 14.0. The van der Waals surface area contributed by atoms with Crippen molar-refractivity contribution in [1.82, 2.24) is 20.2 Å². The maximum Gasteiger partial charge on any atom is 0.166 e. The molecular formula is C21H26N6O2. The second kappa shape index (κ2) is 7.71. The molecule has 1 aliphatic rings. The van der Waals surface area contributed by atoms with Crippen LogP contribution in [0.2, 0.25) is 0 Å². The van der Waals surface area contributed by atoms with Gasteiger partial charge in [-0.15, -0.1) is 0 Å². The van der Waals surface area contributed by atoms with Crippen molar-refractivity contribution >= 4 is 16.7 Å². The van der Waals surface area contributed by atoms with E-state index in [0.29, 0.717) is 18.2 Å². The summed E-state index contributed by atoms with van der Waals surface area (Å²) in [6.45, 7) is 6.36. The van der Waals surface area contributed by atoms with Crippen molar-refractivity contribution in [3.8, 4) is 17.0 Å². The molecule has 8 heteroatoms. The van der Waals surface area contributed by atoms with E-state index < -0.39 is 0 Å². The number of nitrogens with two attached hydrogens (primary N) is 2. The fourth-order valence-corrected chi connectivity index (χ4v) is 3.42. The van der Waals surface area contributed by atoms with Gasteiger partial charge in [0.2, 0.25) is 0 Å². The Hall–Kier alpha value is -3.13. The number of aromatic nitrogens is 4. The van der Waals surface area contributed by atoms with E-state index in [0.717, 1.165) is 40.0 Å². The molecule has 0 bridgehead atoms. The first-order valence-corrected chi connectivity index (χ1v) is 9.80. The number of aryl methyl sites for hydroxylation is 1. The number of fused-ring (bicyclic) bond motifs is 1. The van der Waals surface area contributed by atoms with E-state index in [4.69, 9.17) is 25.9 Å². The Morgan fingerprint density at radius 2 is 2.17 bits per heavy atom. The Labute approximate surface area is 169 Å². The Morgan fingerprint density at radius 1 is 1.34 bits per heavy atom. The van der Waals surface area contributed by atoms with Crippen LogP contribution in [0, 0.1) is 6.92 Å². The molecule has 4 heterocycles. The second-order valence-electron chi connectivity index (χ2n) is 7.40. The zero-order chi connectivity index (χ0) is 20.5. The largest absolute Gasteiger partial charge is 0.498 e. The number of hydrogen-bond donors (Lipinski definition) is 3. The van der Waals surface area contributed by atoms with Crippen molar-refractivity contribution in [3.63, 3.8) is 0 Å². The number of pyridine rings is 2. The molecule has 0 amide bonds. The monoisotopic (exact) mass is 394 g/mol. The number of hydrogen-bond acceptors (Lipinski definition) is 7. The standard InChI is InChI=1S/C21H26N6O2/c1-4-13(22)10-29-19-8-16(17-7-15-11(2)26-27-18(15)9-24-17)20(25-21(19)23)14-5-6-28-12(14)3/h5-9,12-14H,4,10,22H2,1-3H3,(H2,23,25)(H,26,27)/t12?,13-,14?/m0/s1. The Morgan fingerprint density at radius 3 is 2.90 bits per heavy atom. The van der Waals surface area contributed by atoms with Gasteiger partial charge in [0.25, 0.3) is 0 Å². The van der Waals surface area contributed by atoms with Gasteiger partial charge in [-0.05, 0) is 38.5 Å². The molecule has 0 saturated heterocycles. The first kappa shape index (κ1) is 19.2. The summed E-state index contributed by atoms with van der Waals surface area (Å²) in [7, 11) is 0. The maximum absolute atomic E-state index is 6.23. The molecule has 0 saturated carbocycles. The number of rotatable bonds is 6. The molecule has 3 aromatic heterocycles. The zero-order valence-corrected chi connectivity index (χ0v) is 16.8. The molecule has 0 radical (unpaired) electrons. The summed E-state index contributed by atoms with van der Waals surface area (Å²) in [5.74, 6) is 0.816. The van der Waals surface area contributed by atoms with E-state index in [-0.39, 0.29) is 18.1 Å². The van der Waals surface area contributed by atoms with Gasteiger partial charge in [0.05, 0.1) is 41.0 Å². The third kappa shape index (κ3) is 3.63. The average Bonchev–Trinajstić information content (AvgIpc) is 3.32. The van der Waals surface area contributed by atoms with E-state index in [9.17, 15) is 0 Å². The van der Waals surface area contributed by atoms with Crippen LogP contribution in [0.25, 0.3) is 22.2 Å². The van der Waals surface area contributed by atoms with Crippen LogP contribution in [0.3, 0.4) is 0 Å². The number of nitrogen functional groups attached to an aromatic ring is 1. The number of H-pyrrole nitrogens is 1. The molecule has 4 rings (SSSR count). The highest BCUT2D eigenvalue weighted by atomic mass is 16.5. The van der Waals surface area contributed by atoms with Crippen molar-refractivity contribution in [2.75, 3.05) is 12.3 Å². The third-order valence-corrected chi connectivity index (χ3v) is 5.34. The SMILES string of the molecule is CC[C@H](N)COc1cc(-c2cc3c(C)n[nH]c3cn2)c(C2C=COC2C)nc1N. The van der Waals surface area contributed by atoms with Crippen LogP contribution >= 0.6 is 0 Å². The summed E-state index contributed by atoms with van der Waals surface area (Å²) in [6.07, 6.45) is 6.25. The molecule has 8 nitrogen and oxygen atoms in total. The summed E-state index contributed by atoms with van der Waals surface area (Å²) >= 11 is 0. The fraction of sp³-hybridized carbons (Fsp3) is 0.381. The van der Waals surface area contributed by atoms with Crippen LogP contribution in [-0.4, -0.2) is 38.9 Å². The Balaban J connectivity index is 1.83. The molecule has 0 aliphatic carbocycles. The van der Waals surface area contributed by atoms with Crippen molar-refractivity contribution < 1.29 is 9.47 Å². The average molecular weight is 394 g/mol. The van der Waals surface area contributed by atoms with Crippen LogP contribution in [0.5, 0.6) is 5.75 Å². The van der Waals surface area contributed by atoms with Crippen molar-refractivity contribution in [2.45, 2.75) is 45.3 Å². The maximum atomic E-state index is 6.23. The van der Waals surface area contributed by atoms with Crippen LogP contribution in [0.15, 0.2) is 30.7 Å². The minimum atomic E-state index is -0.0632. The van der Waals surface area contributed by atoms with Gasteiger partial charge in [-0.25, -0.2) is 4.98 Å². The highest BCUT2D eigenvalue weighted by Gasteiger charge is 2.28. The third-order valence-electron chi connectivity index (χ3n) is 5.34. The van der Waals surface area contributed by atoms with E-state index in [1.54, 1.807) is 12.5 Å². The van der Waals surface area contributed by atoms with Gasteiger partial charge in [-0.1, -0.05) is 6.92 Å². The van der Waals surface area contributed by atoms with Gasteiger partial charge >= 0.3 is 0 Å². The quantitative estimate of drug-likeness (QED) is 0.587. The lowest BCUT2D eigenvalue weighted by molar-refractivity contribution is 0.174. The fourth-order valence-electron chi connectivity index (χ4n) is 3.42. The van der Waals surface area contributed by atoms with E-state index in [2.05, 4.69) is 15.2 Å². The summed E-state index contributed by atoms with van der Waals surface area (Å²) in [6, 6.07) is 3.85. The van der Waals surface area contributed by atoms with Gasteiger partial charge in [-0.2, -0.15) is 5.10 Å². The smallest absolute Gasteiger partial charge is 0.166 e. The van der Waals surface area contributed by atoms with Gasteiger partial charge in [-0.3, -0.25) is 10.1 Å². The topological polar surface area (TPSA) is 125 Å². The van der Waals surface area contributed by atoms with E-state index in [1.807, 2.05) is 39.0 Å². The molecule has 0 fully saturated rings. The first-order valence-electron chi connectivity index (χ1n) is 9.80. The summed E-state index contributed by atoms with van der Waals surface area (Å²) in [5, 5.41) is 8.26. The highest BCUT2D eigenvalue weighted by Crippen LogP contribution is 2.38. The van der Waals surface area contributed by atoms with Gasteiger partial charge < -0.3 is 20.9 Å². The molecule has 2 unspecified atom stereocenters. The molecule has 152 valence electrons. The molecular weight excluding hydrogens is 368 g/mol. The normalized spacial score (nSPS) is 19.4. The highest BCUT2D eigenvalue weighted by molar-refractivity contribution is 5.85. The molecule has 3 aromatic rings. The van der Waals surface area contributed by atoms with Crippen LogP contribution < -0.4 is 16.2 Å². The number of nitrogens with one attached hydrogen (secondary N) is 1. The van der Waals surface area contributed by atoms with Crippen molar-refractivity contribution in [2.24, 2.45) is 5.73 Å². The van der Waals surface area contributed by atoms with E-state index in [1.165, 1.54) is 0 Å². The molecule has 0 aromatic carbocycles. The number of aromatic amines is 1. The zero-order valence-electron chi connectivity index (χ0n) is 16.8. The number of ether oxygens (including phenoxy) is 2. The summed E-state index contributed by atoms with van der Waals surface area (Å²) in [5.41, 5.74) is 16.5. The van der Waals surface area contributed by atoms with Crippen LogP contribution in [-0.2, 0) is 4.74 Å². The second-order valence-corrected chi connectivity index (χ2v) is 7.40. The van der Waals surface area contributed by atoms with Crippen molar-refractivity contribution in [3.05, 3.63) is 42.1 Å². The molecule has 1 aliphatic heterocycles. The summed E-state index contributed by atoms with van der Waals surface area (Å²) in [4.78, 5) is 9.33. The minimum Gasteiger partial charge on any atom is -0.498 e. The predicted molar refractivity (Wildman–Crippen MR) is 112 cm³/mol. The van der Waals surface area contributed by atoms with Gasteiger partial charge in [0, 0.05) is 17.0 Å². The number of anilines is 1. The number of nitrogens with zero attached hydrogens (tertiary/aromatic N) is 3. The molecule has 5 N–H and O–H groups in total. The lowest BCUT2D eigenvalue weighted by Gasteiger charge is -2.20. The Bertz CT molecular complexity index is 1060. The predicted octanol–water partition coefficient (Wildman–Crippen LogP) is 3.04. The molecule has 0 spiro atoms. The lowest BCUT2D eigenvalue weighted by atomic mass is 9.94. The lowest BCUT2D eigenvalue weighted by Crippen LogP contribution is -2.27.